The molecule has 0 saturated heterocycles. The zero-order valence-electron chi connectivity index (χ0n) is 18.5. The van der Waals surface area contributed by atoms with Crippen molar-refractivity contribution in [3.05, 3.63) is 81.9 Å². The van der Waals surface area contributed by atoms with E-state index in [9.17, 15) is 4.79 Å². The van der Waals surface area contributed by atoms with Gasteiger partial charge in [-0.3, -0.25) is 4.79 Å². The van der Waals surface area contributed by atoms with Crippen molar-refractivity contribution in [1.29, 1.82) is 0 Å². The summed E-state index contributed by atoms with van der Waals surface area (Å²) in [6, 6.07) is 15.6. The van der Waals surface area contributed by atoms with E-state index in [1.54, 1.807) is 6.26 Å². The van der Waals surface area contributed by atoms with Crippen LogP contribution in [0.5, 0.6) is 5.75 Å². The van der Waals surface area contributed by atoms with Crippen LogP contribution in [0.15, 0.2) is 74.7 Å². The normalized spacial score (nSPS) is 14.1. The summed E-state index contributed by atoms with van der Waals surface area (Å²) < 4.78 is 12.9. The van der Waals surface area contributed by atoms with Gasteiger partial charge in [-0.25, -0.2) is 9.67 Å². The Balaban J connectivity index is 1.69. The molecule has 8 heteroatoms. The minimum Gasteiger partial charge on any atom is -0.482 e. The number of hydrogen-bond acceptors (Lipinski definition) is 6. The summed E-state index contributed by atoms with van der Waals surface area (Å²) in [6.07, 6.45) is 1.63. The number of nitrogens with zero attached hydrogens (tertiary/aromatic N) is 3. The fourth-order valence-electron chi connectivity index (χ4n) is 3.54. The molecule has 1 amide bonds. The molecule has 0 bridgehead atoms. The first-order valence-corrected chi connectivity index (χ1v) is 11.3. The van der Waals surface area contributed by atoms with Gasteiger partial charge in [0.05, 0.1) is 23.3 Å². The molecule has 5 rings (SSSR count). The Morgan fingerprint density at radius 1 is 1.15 bits per heavy atom. The first kappa shape index (κ1) is 21.0. The van der Waals surface area contributed by atoms with E-state index in [-0.39, 0.29) is 12.5 Å². The number of hydrogen-bond donors (Lipinski definition) is 1. The fraction of sp³-hybridized carbons (Fsp3) is 0.160. The molecule has 0 saturated carbocycles. The maximum Gasteiger partial charge on any atom is 0.262 e. The number of furan rings is 1. The molecule has 4 aromatic rings. The Labute approximate surface area is 194 Å². The molecule has 3 heterocycles. The van der Waals surface area contributed by atoms with Crippen LogP contribution in [0.2, 0.25) is 0 Å². The lowest BCUT2D eigenvalue weighted by molar-refractivity contribution is -0.118. The van der Waals surface area contributed by atoms with Crippen LogP contribution in [-0.2, 0) is 4.79 Å². The van der Waals surface area contributed by atoms with Gasteiger partial charge in [0, 0.05) is 10.9 Å². The van der Waals surface area contributed by atoms with E-state index in [1.807, 2.05) is 54.2 Å². The van der Waals surface area contributed by atoms with Gasteiger partial charge in [0.1, 0.15) is 17.2 Å². The van der Waals surface area contributed by atoms with Gasteiger partial charge in [0.2, 0.25) is 4.80 Å². The molecule has 0 atom stereocenters. The van der Waals surface area contributed by atoms with Gasteiger partial charge >= 0.3 is 0 Å². The predicted octanol–water partition coefficient (Wildman–Crippen LogP) is 5.26. The summed E-state index contributed by atoms with van der Waals surface area (Å²) in [6.45, 7) is 6.02. The summed E-state index contributed by atoms with van der Waals surface area (Å²) in [5, 5.41) is 9.73. The average Bonchev–Trinajstić information content (AvgIpc) is 3.47. The second kappa shape index (κ2) is 8.55. The van der Waals surface area contributed by atoms with Crippen molar-refractivity contribution in [2.75, 3.05) is 11.9 Å². The molecule has 2 aromatic heterocycles. The molecule has 0 unspecified atom stereocenters. The van der Waals surface area contributed by atoms with Crippen molar-refractivity contribution < 1.29 is 13.9 Å². The number of amides is 1. The molecule has 0 fully saturated rings. The highest BCUT2D eigenvalue weighted by molar-refractivity contribution is 7.07. The molecule has 1 aliphatic rings. The monoisotopic (exact) mass is 458 g/mol. The third-order valence-corrected chi connectivity index (χ3v) is 6.12. The molecule has 33 heavy (non-hydrogen) atoms. The summed E-state index contributed by atoms with van der Waals surface area (Å²) in [5.41, 5.74) is 6.21. The number of benzene rings is 2. The highest BCUT2D eigenvalue weighted by atomic mass is 32.1. The number of anilines is 1. The zero-order valence-corrected chi connectivity index (χ0v) is 19.3. The lowest BCUT2D eigenvalue weighted by Gasteiger charge is -2.18. The predicted molar refractivity (Wildman–Crippen MR) is 129 cm³/mol. The van der Waals surface area contributed by atoms with Gasteiger partial charge in [-0.1, -0.05) is 12.1 Å². The van der Waals surface area contributed by atoms with Crippen molar-refractivity contribution in [3.8, 4) is 17.0 Å². The van der Waals surface area contributed by atoms with Crippen LogP contribution in [0.25, 0.3) is 11.3 Å². The number of carbonyl (C=O) groups excluding carboxylic acids is 1. The van der Waals surface area contributed by atoms with Gasteiger partial charge < -0.3 is 14.5 Å². The molecule has 1 N–H and O–H groups in total. The second-order valence-electron chi connectivity index (χ2n) is 7.83. The number of aromatic nitrogens is 1. The van der Waals surface area contributed by atoms with Gasteiger partial charge in [0.15, 0.2) is 6.61 Å². The minimum atomic E-state index is -0.171. The van der Waals surface area contributed by atoms with Crippen LogP contribution >= 0.6 is 11.3 Å². The average molecular weight is 459 g/mol. The molecular weight excluding hydrogens is 436 g/mol. The number of nitrogens with one attached hydrogen (secondary N) is 1. The highest BCUT2D eigenvalue weighted by Gasteiger charge is 2.18. The summed E-state index contributed by atoms with van der Waals surface area (Å²) in [5.74, 6) is 1.16. The van der Waals surface area contributed by atoms with Gasteiger partial charge in [-0.15, -0.1) is 11.3 Å². The van der Waals surface area contributed by atoms with E-state index in [1.165, 1.54) is 11.3 Å². The largest absolute Gasteiger partial charge is 0.482 e. The number of carbonyl (C=O) groups is 1. The maximum absolute atomic E-state index is 11.8. The van der Waals surface area contributed by atoms with Gasteiger partial charge in [0.25, 0.3) is 5.91 Å². The van der Waals surface area contributed by atoms with Crippen molar-refractivity contribution in [2.24, 2.45) is 10.1 Å². The third kappa shape index (κ3) is 4.25. The van der Waals surface area contributed by atoms with E-state index in [4.69, 9.17) is 19.2 Å². The first-order chi connectivity index (χ1) is 16.0. The van der Waals surface area contributed by atoms with Crippen molar-refractivity contribution >= 4 is 34.3 Å². The smallest absolute Gasteiger partial charge is 0.262 e. The van der Waals surface area contributed by atoms with Crippen molar-refractivity contribution in [2.45, 2.75) is 20.8 Å². The number of ether oxygens (including phenoxy) is 1. The summed E-state index contributed by atoms with van der Waals surface area (Å²) >= 11 is 1.50. The van der Waals surface area contributed by atoms with Crippen LogP contribution in [-0.4, -0.2) is 22.9 Å². The lowest BCUT2D eigenvalue weighted by atomic mass is 10.1. The van der Waals surface area contributed by atoms with Crippen LogP contribution in [0.4, 0.5) is 11.4 Å². The maximum atomic E-state index is 11.8. The van der Waals surface area contributed by atoms with Gasteiger partial charge in [-0.05, 0) is 68.3 Å². The van der Waals surface area contributed by atoms with Gasteiger partial charge in [-0.2, -0.15) is 5.10 Å². The second-order valence-corrected chi connectivity index (χ2v) is 8.66. The summed E-state index contributed by atoms with van der Waals surface area (Å²) in [7, 11) is 0. The first-order valence-electron chi connectivity index (χ1n) is 10.5. The Kier molecular flexibility index (Phi) is 5.43. The van der Waals surface area contributed by atoms with Crippen LogP contribution < -0.4 is 14.9 Å². The van der Waals surface area contributed by atoms with Crippen LogP contribution in [0.3, 0.4) is 0 Å². The Morgan fingerprint density at radius 3 is 2.85 bits per heavy atom. The SMILES string of the molecule is CC(=Nn1c(-c2ccc3c(c2)NC(=O)CO3)csc1=Nc1cc(C)ccc1C)c1ccco1. The van der Waals surface area contributed by atoms with E-state index >= 15 is 0 Å². The highest BCUT2D eigenvalue weighted by Crippen LogP contribution is 2.33. The lowest BCUT2D eigenvalue weighted by Crippen LogP contribution is -2.25. The molecule has 0 radical (unpaired) electrons. The van der Waals surface area contributed by atoms with E-state index in [2.05, 4.69) is 30.4 Å². The Bertz CT molecular complexity index is 1440. The molecule has 0 aliphatic carbocycles. The van der Waals surface area contributed by atoms with E-state index < -0.39 is 0 Å². The van der Waals surface area contributed by atoms with Crippen molar-refractivity contribution in [3.63, 3.8) is 0 Å². The standard InChI is InChI=1S/C25H22N4O3S/c1-15-6-7-16(2)19(11-15)27-25-29(28-17(3)22-5-4-10-31-22)21(14-33-25)18-8-9-23-20(12-18)26-24(30)13-32-23/h4-12,14H,13H2,1-3H3,(H,26,30). The minimum absolute atomic E-state index is 0.0241. The number of thiazole rings is 1. The van der Waals surface area contributed by atoms with E-state index in [0.29, 0.717) is 17.2 Å². The van der Waals surface area contributed by atoms with E-state index in [0.717, 1.165) is 38.6 Å². The number of rotatable bonds is 4. The van der Waals surface area contributed by atoms with Crippen LogP contribution in [0, 0.1) is 13.8 Å². The van der Waals surface area contributed by atoms with Crippen LogP contribution in [0.1, 0.15) is 23.8 Å². The molecule has 7 nitrogen and oxygen atoms in total. The fourth-order valence-corrected chi connectivity index (χ4v) is 4.38. The Morgan fingerprint density at radius 2 is 2.03 bits per heavy atom. The molecule has 1 aliphatic heterocycles. The molecule has 166 valence electrons. The number of aryl methyl sites for hydroxylation is 2. The number of fused-ring (bicyclic) bond motifs is 1. The molecule has 2 aromatic carbocycles. The third-order valence-electron chi connectivity index (χ3n) is 5.30. The quantitative estimate of drug-likeness (QED) is 0.424. The topological polar surface area (TPSA) is 81.1 Å². The Hall–Kier alpha value is -3.91. The summed E-state index contributed by atoms with van der Waals surface area (Å²) in [4.78, 5) is 17.5. The zero-order chi connectivity index (χ0) is 22.9. The van der Waals surface area contributed by atoms with Crippen molar-refractivity contribution in [1.82, 2.24) is 4.68 Å². The molecular formula is C25H22N4O3S. The molecule has 0 spiro atoms.